The summed E-state index contributed by atoms with van der Waals surface area (Å²) in [4.78, 5) is 33.5. The highest BCUT2D eigenvalue weighted by Gasteiger charge is 2.30. The number of carbonyl (C=O) groups is 1. The molecule has 5 rings (SSSR count). The molecule has 2 aromatic rings. The highest BCUT2D eigenvalue weighted by atomic mass is 16.2. The van der Waals surface area contributed by atoms with Gasteiger partial charge >= 0.3 is 0 Å². The van der Waals surface area contributed by atoms with E-state index in [2.05, 4.69) is 58.7 Å². The molecule has 3 heterocycles. The summed E-state index contributed by atoms with van der Waals surface area (Å²) in [5, 5.41) is 0. The molecule has 1 saturated carbocycles. The molecule has 1 aromatic carbocycles. The Balaban J connectivity index is 1.08. The van der Waals surface area contributed by atoms with E-state index in [1.54, 1.807) is 0 Å². The normalized spacial score (nSPS) is 20.3. The molecular weight excluding hydrogens is 426 g/mol. The molecule has 3 aliphatic rings. The van der Waals surface area contributed by atoms with E-state index in [0.717, 1.165) is 75.5 Å². The van der Waals surface area contributed by atoms with Crippen LogP contribution in [0.4, 0.5) is 11.5 Å². The maximum absolute atomic E-state index is 12.8. The third kappa shape index (κ3) is 5.18. The molecule has 2 saturated heterocycles. The van der Waals surface area contributed by atoms with Crippen molar-refractivity contribution in [2.75, 3.05) is 82.8 Å². The lowest BCUT2D eigenvalue weighted by molar-refractivity contribution is -0.134. The molecule has 0 N–H and O–H groups in total. The van der Waals surface area contributed by atoms with Gasteiger partial charge in [0.25, 0.3) is 0 Å². The Kier molecular flexibility index (Phi) is 6.97. The zero-order valence-electron chi connectivity index (χ0n) is 20.6. The van der Waals surface area contributed by atoms with Crippen molar-refractivity contribution in [2.24, 2.45) is 0 Å². The second-order valence-electron chi connectivity index (χ2n) is 9.97. The van der Waals surface area contributed by atoms with Crippen molar-refractivity contribution in [1.82, 2.24) is 24.7 Å². The Morgan fingerprint density at radius 1 is 0.912 bits per heavy atom. The standard InChI is InChI=1S/C26H37N7O/c1-29(2)22-8-6-21(7-9-22)24-18-28-25(19-27-24)32-12-10-30(11-13-32)20-26(34)33-16-14-31(15-17-33)23-4-3-5-23/h6-9,18-19,23H,3-5,10-17,20H2,1-2H3. The van der Waals surface area contributed by atoms with Gasteiger partial charge in [0.2, 0.25) is 5.91 Å². The maximum atomic E-state index is 12.8. The van der Waals surface area contributed by atoms with Crippen LogP contribution in [0.3, 0.4) is 0 Å². The Morgan fingerprint density at radius 2 is 1.62 bits per heavy atom. The monoisotopic (exact) mass is 463 g/mol. The fraction of sp³-hybridized carbons (Fsp3) is 0.577. The molecule has 0 bridgehead atoms. The number of aromatic nitrogens is 2. The molecular formula is C26H37N7O. The highest BCUT2D eigenvalue weighted by molar-refractivity contribution is 5.78. The number of rotatable bonds is 6. The molecule has 0 radical (unpaired) electrons. The minimum Gasteiger partial charge on any atom is -0.378 e. The van der Waals surface area contributed by atoms with E-state index in [0.29, 0.717) is 6.54 Å². The van der Waals surface area contributed by atoms with Crippen LogP contribution in [0.1, 0.15) is 19.3 Å². The number of benzene rings is 1. The number of hydrogen-bond donors (Lipinski definition) is 0. The van der Waals surface area contributed by atoms with Gasteiger partial charge in [-0.15, -0.1) is 0 Å². The average Bonchev–Trinajstić information content (AvgIpc) is 2.84. The Labute approximate surface area is 203 Å². The molecule has 0 unspecified atom stereocenters. The number of carbonyl (C=O) groups excluding carboxylic acids is 1. The third-order valence-electron chi connectivity index (χ3n) is 7.63. The summed E-state index contributed by atoms with van der Waals surface area (Å²) in [6.45, 7) is 7.88. The second kappa shape index (κ2) is 10.3. The van der Waals surface area contributed by atoms with Gasteiger partial charge in [0.1, 0.15) is 5.82 Å². The van der Waals surface area contributed by atoms with Crippen LogP contribution in [-0.2, 0) is 4.79 Å². The van der Waals surface area contributed by atoms with Crippen LogP contribution in [0.25, 0.3) is 11.3 Å². The van der Waals surface area contributed by atoms with Crippen LogP contribution in [0.15, 0.2) is 36.7 Å². The summed E-state index contributed by atoms with van der Waals surface area (Å²) >= 11 is 0. The molecule has 1 amide bonds. The van der Waals surface area contributed by atoms with Gasteiger partial charge in [-0.25, -0.2) is 4.98 Å². The first-order valence-electron chi connectivity index (χ1n) is 12.7. The van der Waals surface area contributed by atoms with Gasteiger partial charge < -0.3 is 14.7 Å². The first-order chi connectivity index (χ1) is 16.6. The number of nitrogens with zero attached hydrogens (tertiary/aromatic N) is 7. The van der Waals surface area contributed by atoms with E-state index >= 15 is 0 Å². The molecule has 1 aliphatic carbocycles. The second-order valence-corrected chi connectivity index (χ2v) is 9.97. The van der Waals surface area contributed by atoms with Crippen LogP contribution in [-0.4, -0.2) is 110 Å². The lowest BCUT2D eigenvalue weighted by Gasteiger charge is -2.43. The van der Waals surface area contributed by atoms with Crippen molar-refractivity contribution >= 4 is 17.4 Å². The fourth-order valence-corrected chi connectivity index (χ4v) is 5.08. The molecule has 8 nitrogen and oxygen atoms in total. The minimum absolute atomic E-state index is 0.283. The summed E-state index contributed by atoms with van der Waals surface area (Å²) < 4.78 is 0. The van der Waals surface area contributed by atoms with Gasteiger partial charge in [-0.05, 0) is 25.0 Å². The summed E-state index contributed by atoms with van der Waals surface area (Å²) in [6.07, 6.45) is 7.79. The lowest BCUT2D eigenvalue weighted by Crippen LogP contribution is -2.56. The van der Waals surface area contributed by atoms with Crippen LogP contribution < -0.4 is 9.80 Å². The zero-order chi connectivity index (χ0) is 23.5. The van der Waals surface area contributed by atoms with Gasteiger partial charge in [0.05, 0.1) is 24.6 Å². The van der Waals surface area contributed by atoms with E-state index in [1.165, 1.54) is 24.9 Å². The Hall–Kier alpha value is -2.71. The first kappa shape index (κ1) is 23.1. The lowest BCUT2D eigenvalue weighted by atomic mass is 9.91. The largest absolute Gasteiger partial charge is 0.378 e. The van der Waals surface area contributed by atoms with Crippen LogP contribution in [0, 0.1) is 0 Å². The molecule has 34 heavy (non-hydrogen) atoms. The SMILES string of the molecule is CN(C)c1ccc(-c2cnc(N3CCN(CC(=O)N4CCN(C5CCC5)CC4)CC3)cn2)cc1. The third-order valence-corrected chi connectivity index (χ3v) is 7.63. The maximum Gasteiger partial charge on any atom is 0.236 e. The number of anilines is 2. The predicted octanol–water partition coefficient (Wildman–Crippen LogP) is 2.03. The fourth-order valence-electron chi connectivity index (χ4n) is 5.08. The number of piperazine rings is 2. The molecule has 0 spiro atoms. The van der Waals surface area contributed by atoms with Crippen molar-refractivity contribution in [2.45, 2.75) is 25.3 Å². The van der Waals surface area contributed by atoms with Crippen molar-refractivity contribution < 1.29 is 4.79 Å². The van der Waals surface area contributed by atoms with Crippen molar-refractivity contribution in [3.8, 4) is 11.3 Å². The molecule has 2 aliphatic heterocycles. The van der Waals surface area contributed by atoms with E-state index in [4.69, 9.17) is 0 Å². The smallest absolute Gasteiger partial charge is 0.236 e. The van der Waals surface area contributed by atoms with E-state index < -0.39 is 0 Å². The van der Waals surface area contributed by atoms with E-state index in [9.17, 15) is 4.79 Å². The zero-order valence-corrected chi connectivity index (χ0v) is 20.6. The highest BCUT2D eigenvalue weighted by Crippen LogP contribution is 2.26. The van der Waals surface area contributed by atoms with Gasteiger partial charge in [0, 0.05) is 83.7 Å². The summed E-state index contributed by atoms with van der Waals surface area (Å²) in [5.74, 6) is 1.19. The molecule has 0 atom stereocenters. The Morgan fingerprint density at radius 3 is 2.18 bits per heavy atom. The predicted molar refractivity (Wildman–Crippen MR) is 136 cm³/mol. The molecule has 8 heteroatoms. The van der Waals surface area contributed by atoms with Gasteiger partial charge in [-0.1, -0.05) is 18.6 Å². The van der Waals surface area contributed by atoms with Gasteiger partial charge in [-0.3, -0.25) is 19.6 Å². The average molecular weight is 464 g/mol. The van der Waals surface area contributed by atoms with Crippen molar-refractivity contribution in [3.63, 3.8) is 0 Å². The van der Waals surface area contributed by atoms with Gasteiger partial charge in [0.15, 0.2) is 0 Å². The van der Waals surface area contributed by atoms with Gasteiger partial charge in [-0.2, -0.15) is 0 Å². The molecule has 3 fully saturated rings. The van der Waals surface area contributed by atoms with E-state index in [1.807, 2.05) is 26.5 Å². The quantitative estimate of drug-likeness (QED) is 0.650. The summed E-state index contributed by atoms with van der Waals surface area (Å²) in [7, 11) is 4.08. The van der Waals surface area contributed by atoms with Crippen LogP contribution in [0.2, 0.25) is 0 Å². The number of amides is 1. The summed E-state index contributed by atoms with van der Waals surface area (Å²) in [6, 6.07) is 9.15. The summed E-state index contributed by atoms with van der Waals surface area (Å²) in [5.41, 5.74) is 3.12. The van der Waals surface area contributed by atoms with Crippen molar-refractivity contribution in [1.29, 1.82) is 0 Å². The minimum atomic E-state index is 0.283. The molecule has 182 valence electrons. The Bertz CT molecular complexity index is 942. The van der Waals surface area contributed by atoms with Crippen LogP contribution >= 0.6 is 0 Å². The first-order valence-corrected chi connectivity index (χ1v) is 12.7. The van der Waals surface area contributed by atoms with Crippen molar-refractivity contribution in [3.05, 3.63) is 36.7 Å². The molecule has 1 aromatic heterocycles. The van der Waals surface area contributed by atoms with Crippen LogP contribution in [0.5, 0.6) is 0 Å². The topological polar surface area (TPSA) is 59.1 Å². The van der Waals surface area contributed by atoms with E-state index in [-0.39, 0.29) is 5.91 Å². The number of hydrogen-bond acceptors (Lipinski definition) is 7.